The summed E-state index contributed by atoms with van der Waals surface area (Å²) < 4.78 is 4.98. The Labute approximate surface area is 89.6 Å². The van der Waals surface area contributed by atoms with Gasteiger partial charge in [0.25, 0.3) is 0 Å². The number of ether oxygens (including phenoxy) is 1. The zero-order valence-electron chi connectivity index (χ0n) is 9.06. The molecule has 0 atom stereocenters. The SMILES string of the molecule is CCN(N)C(=O)OCc1ccc(C)cc1. The van der Waals surface area contributed by atoms with Gasteiger partial charge in [-0.3, -0.25) is 0 Å². The molecule has 4 heteroatoms. The molecule has 1 aromatic carbocycles. The first-order valence-electron chi connectivity index (χ1n) is 4.88. The number of carbonyl (C=O) groups excluding carboxylic acids is 1. The van der Waals surface area contributed by atoms with Crippen LogP contribution in [0.2, 0.25) is 0 Å². The Bertz CT molecular complexity index is 322. The molecule has 0 spiro atoms. The normalized spacial score (nSPS) is 9.80. The highest BCUT2D eigenvalue weighted by Gasteiger charge is 2.07. The van der Waals surface area contributed by atoms with Crippen molar-refractivity contribution in [3.63, 3.8) is 0 Å². The molecule has 0 bridgehead atoms. The van der Waals surface area contributed by atoms with Crippen molar-refractivity contribution < 1.29 is 9.53 Å². The lowest BCUT2D eigenvalue weighted by molar-refractivity contribution is 0.0982. The van der Waals surface area contributed by atoms with Gasteiger partial charge in [-0.2, -0.15) is 0 Å². The van der Waals surface area contributed by atoms with E-state index in [1.807, 2.05) is 31.2 Å². The third-order valence-electron chi connectivity index (χ3n) is 2.06. The number of hydrogen-bond donors (Lipinski definition) is 1. The molecule has 0 radical (unpaired) electrons. The molecule has 15 heavy (non-hydrogen) atoms. The summed E-state index contributed by atoms with van der Waals surface area (Å²) in [7, 11) is 0. The maximum Gasteiger partial charge on any atom is 0.424 e. The zero-order chi connectivity index (χ0) is 11.3. The first-order valence-corrected chi connectivity index (χ1v) is 4.88. The average Bonchev–Trinajstić information content (AvgIpc) is 2.26. The quantitative estimate of drug-likeness (QED) is 0.468. The van der Waals surface area contributed by atoms with Crippen LogP contribution in [0.5, 0.6) is 0 Å². The van der Waals surface area contributed by atoms with Crippen LogP contribution in [0.25, 0.3) is 0 Å². The Morgan fingerprint density at radius 2 is 2.00 bits per heavy atom. The minimum atomic E-state index is -0.502. The van der Waals surface area contributed by atoms with Gasteiger partial charge in [0.15, 0.2) is 0 Å². The van der Waals surface area contributed by atoms with Crippen LogP contribution in [-0.4, -0.2) is 17.6 Å². The van der Waals surface area contributed by atoms with E-state index in [-0.39, 0.29) is 6.61 Å². The molecule has 0 heterocycles. The predicted molar refractivity (Wildman–Crippen MR) is 57.9 cm³/mol. The molecule has 1 rings (SSSR count). The predicted octanol–water partition coefficient (Wildman–Crippen LogP) is 1.83. The van der Waals surface area contributed by atoms with Crippen LogP contribution >= 0.6 is 0 Å². The number of hydrogen-bond acceptors (Lipinski definition) is 3. The van der Waals surface area contributed by atoms with E-state index in [0.717, 1.165) is 10.6 Å². The lowest BCUT2D eigenvalue weighted by Gasteiger charge is -2.13. The summed E-state index contributed by atoms with van der Waals surface area (Å²) in [5.74, 6) is 5.36. The number of amides is 1. The smallest absolute Gasteiger partial charge is 0.424 e. The topological polar surface area (TPSA) is 55.6 Å². The molecule has 4 nitrogen and oxygen atoms in total. The highest BCUT2D eigenvalue weighted by Crippen LogP contribution is 2.05. The van der Waals surface area contributed by atoms with Crippen LogP contribution in [0.15, 0.2) is 24.3 Å². The summed E-state index contributed by atoms with van der Waals surface area (Å²) in [6, 6.07) is 7.80. The molecule has 1 amide bonds. The van der Waals surface area contributed by atoms with E-state index >= 15 is 0 Å². The summed E-state index contributed by atoms with van der Waals surface area (Å²) in [6.07, 6.45) is -0.502. The van der Waals surface area contributed by atoms with Gasteiger partial charge in [0, 0.05) is 6.54 Å². The summed E-state index contributed by atoms with van der Waals surface area (Å²) in [6.45, 7) is 4.49. The minimum absolute atomic E-state index is 0.257. The van der Waals surface area contributed by atoms with Crippen molar-refractivity contribution in [3.8, 4) is 0 Å². The molecule has 82 valence electrons. The fourth-order valence-electron chi connectivity index (χ4n) is 1.04. The van der Waals surface area contributed by atoms with Gasteiger partial charge in [-0.15, -0.1) is 0 Å². The molecule has 0 aliphatic heterocycles. The highest BCUT2D eigenvalue weighted by atomic mass is 16.6. The number of nitrogens with zero attached hydrogens (tertiary/aromatic N) is 1. The molecule has 1 aromatic rings. The van der Waals surface area contributed by atoms with Gasteiger partial charge in [0.1, 0.15) is 6.61 Å². The van der Waals surface area contributed by atoms with Crippen LogP contribution in [0.3, 0.4) is 0 Å². The van der Waals surface area contributed by atoms with Crippen molar-refractivity contribution in [2.75, 3.05) is 6.54 Å². The standard InChI is InChI=1S/C11H16N2O2/c1-3-13(12)11(14)15-8-10-6-4-9(2)5-7-10/h4-7H,3,8,12H2,1-2H3. The maximum atomic E-state index is 11.2. The van der Waals surface area contributed by atoms with Gasteiger partial charge in [-0.1, -0.05) is 29.8 Å². The molecule has 0 aliphatic rings. The Morgan fingerprint density at radius 1 is 1.40 bits per heavy atom. The first kappa shape index (κ1) is 11.5. The Balaban J connectivity index is 2.43. The van der Waals surface area contributed by atoms with Crippen molar-refractivity contribution in [3.05, 3.63) is 35.4 Å². The number of benzene rings is 1. The van der Waals surface area contributed by atoms with E-state index in [4.69, 9.17) is 10.6 Å². The second-order valence-corrected chi connectivity index (χ2v) is 3.33. The largest absolute Gasteiger partial charge is 0.444 e. The first-order chi connectivity index (χ1) is 7.13. The molecular weight excluding hydrogens is 192 g/mol. The van der Waals surface area contributed by atoms with E-state index in [1.165, 1.54) is 5.56 Å². The summed E-state index contributed by atoms with van der Waals surface area (Å²) in [5.41, 5.74) is 2.14. The van der Waals surface area contributed by atoms with E-state index < -0.39 is 6.09 Å². The number of aryl methyl sites for hydroxylation is 1. The van der Waals surface area contributed by atoms with Crippen LogP contribution in [0.4, 0.5) is 4.79 Å². The van der Waals surface area contributed by atoms with Crippen molar-refractivity contribution in [2.24, 2.45) is 5.84 Å². The highest BCUT2D eigenvalue weighted by molar-refractivity contribution is 5.66. The van der Waals surface area contributed by atoms with Crippen molar-refractivity contribution in [1.29, 1.82) is 0 Å². The minimum Gasteiger partial charge on any atom is -0.444 e. The lowest BCUT2D eigenvalue weighted by Crippen LogP contribution is -2.37. The zero-order valence-corrected chi connectivity index (χ0v) is 9.06. The number of hydrazine groups is 1. The molecule has 0 aliphatic carbocycles. The van der Waals surface area contributed by atoms with Crippen LogP contribution in [0.1, 0.15) is 18.1 Å². The third-order valence-corrected chi connectivity index (χ3v) is 2.06. The molecule has 0 fully saturated rings. The van der Waals surface area contributed by atoms with Gasteiger partial charge >= 0.3 is 6.09 Å². The van der Waals surface area contributed by atoms with Gasteiger partial charge in [-0.05, 0) is 19.4 Å². The van der Waals surface area contributed by atoms with E-state index in [0.29, 0.717) is 6.54 Å². The Hall–Kier alpha value is -1.55. The fraction of sp³-hybridized carbons (Fsp3) is 0.364. The molecule has 2 N–H and O–H groups in total. The lowest BCUT2D eigenvalue weighted by atomic mass is 10.2. The van der Waals surface area contributed by atoms with Crippen molar-refractivity contribution in [2.45, 2.75) is 20.5 Å². The number of nitrogens with two attached hydrogens (primary N) is 1. The maximum absolute atomic E-state index is 11.2. The number of rotatable bonds is 3. The van der Waals surface area contributed by atoms with Gasteiger partial charge < -0.3 is 4.74 Å². The van der Waals surface area contributed by atoms with Gasteiger partial charge in [0.05, 0.1) is 0 Å². The van der Waals surface area contributed by atoms with Crippen LogP contribution in [-0.2, 0) is 11.3 Å². The molecule has 0 saturated heterocycles. The summed E-state index contributed by atoms with van der Waals surface area (Å²) in [4.78, 5) is 11.2. The van der Waals surface area contributed by atoms with Crippen LogP contribution < -0.4 is 5.84 Å². The molecule has 0 aromatic heterocycles. The molecule has 0 saturated carbocycles. The average molecular weight is 208 g/mol. The van der Waals surface area contributed by atoms with E-state index in [2.05, 4.69) is 0 Å². The van der Waals surface area contributed by atoms with E-state index in [1.54, 1.807) is 6.92 Å². The second kappa shape index (κ2) is 5.36. The number of carbonyl (C=O) groups is 1. The fourth-order valence-corrected chi connectivity index (χ4v) is 1.04. The summed E-state index contributed by atoms with van der Waals surface area (Å²) in [5, 5.41) is 1.04. The Morgan fingerprint density at radius 3 is 2.53 bits per heavy atom. The van der Waals surface area contributed by atoms with Gasteiger partial charge in [-0.25, -0.2) is 15.6 Å². The van der Waals surface area contributed by atoms with Crippen LogP contribution in [0, 0.1) is 6.92 Å². The van der Waals surface area contributed by atoms with E-state index in [9.17, 15) is 4.79 Å². The summed E-state index contributed by atoms with van der Waals surface area (Å²) >= 11 is 0. The monoisotopic (exact) mass is 208 g/mol. The van der Waals surface area contributed by atoms with Crippen molar-refractivity contribution >= 4 is 6.09 Å². The molecule has 0 unspecified atom stereocenters. The van der Waals surface area contributed by atoms with Crippen molar-refractivity contribution in [1.82, 2.24) is 5.01 Å². The third kappa shape index (κ3) is 3.59. The molecular formula is C11H16N2O2. The Kier molecular flexibility index (Phi) is 4.12. The van der Waals surface area contributed by atoms with Gasteiger partial charge in [0.2, 0.25) is 0 Å². The second-order valence-electron chi connectivity index (χ2n) is 3.33.